The van der Waals surface area contributed by atoms with Crippen molar-refractivity contribution in [2.24, 2.45) is 0 Å². The molecule has 0 aliphatic carbocycles. The fraction of sp³-hybridized carbons (Fsp3) is 0.364. The summed E-state index contributed by atoms with van der Waals surface area (Å²) in [6.07, 6.45) is 1.06. The molecule has 1 atom stereocenters. The first-order valence-electron chi connectivity index (χ1n) is 4.84. The molecule has 0 heterocycles. The second-order valence-corrected chi connectivity index (χ2v) is 4.87. The van der Waals surface area contributed by atoms with Crippen LogP contribution in [0.15, 0.2) is 23.1 Å². The number of nitrogens with two attached hydrogens (primary N) is 1. The van der Waals surface area contributed by atoms with Gasteiger partial charge in [-0.3, -0.25) is 0 Å². The molecular weight excluding hydrogens is 210 g/mol. The SMILES string of the molecule is CCC(C)Sc1ccc(C(=O)O)cc1N. The number of rotatable bonds is 4. The molecule has 3 nitrogen and oxygen atoms in total. The molecule has 0 bridgehead atoms. The minimum absolute atomic E-state index is 0.237. The van der Waals surface area contributed by atoms with Crippen molar-refractivity contribution < 1.29 is 9.90 Å². The van der Waals surface area contributed by atoms with Crippen LogP contribution in [0.4, 0.5) is 5.69 Å². The Balaban J connectivity index is 2.88. The van der Waals surface area contributed by atoms with Gasteiger partial charge in [0.25, 0.3) is 0 Å². The van der Waals surface area contributed by atoms with Crippen molar-refractivity contribution >= 4 is 23.4 Å². The van der Waals surface area contributed by atoms with Crippen LogP contribution < -0.4 is 5.73 Å². The van der Waals surface area contributed by atoms with Gasteiger partial charge in [0.15, 0.2) is 0 Å². The normalized spacial score (nSPS) is 12.4. The molecule has 15 heavy (non-hydrogen) atoms. The first kappa shape index (κ1) is 11.9. The van der Waals surface area contributed by atoms with Crippen LogP contribution in [0.1, 0.15) is 30.6 Å². The Morgan fingerprint density at radius 2 is 2.27 bits per heavy atom. The van der Waals surface area contributed by atoms with E-state index in [1.165, 1.54) is 6.07 Å². The first-order chi connectivity index (χ1) is 7.04. The molecule has 1 unspecified atom stereocenters. The molecule has 0 aliphatic heterocycles. The van der Waals surface area contributed by atoms with Crippen LogP contribution in [-0.4, -0.2) is 16.3 Å². The van der Waals surface area contributed by atoms with Gasteiger partial charge in [0.1, 0.15) is 0 Å². The average Bonchev–Trinajstić information content (AvgIpc) is 2.20. The third kappa shape index (κ3) is 3.16. The van der Waals surface area contributed by atoms with Gasteiger partial charge in [-0.05, 0) is 24.6 Å². The fourth-order valence-electron chi connectivity index (χ4n) is 1.09. The number of nitrogen functional groups attached to an aromatic ring is 1. The molecule has 1 aromatic rings. The molecule has 4 heteroatoms. The van der Waals surface area contributed by atoms with E-state index in [1.54, 1.807) is 23.9 Å². The Kier molecular flexibility index (Phi) is 4.03. The third-order valence-corrected chi connectivity index (χ3v) is 3.52. The van der Waals surface area contributed by atoms with Gasteiger partial charge in [0.05, 0.1) is 5.56 Å². The van der Waals surface area contributed by atoms with Crippen LogP contribution in [0.5, 0.6) is 0 Å². The summed E-state index contributed by atoms with van der Waals surface area (Å²) in [7, 11) is 0. The van der Waals surface area contributed by atoms with Gasteiger partial charge in [-0.2, -0.15) is 0 Å². The van der Waals surface area contributed by atoms with E-state index >= 15 is 0 Å². The number of aromatic carboxylic acids is 1. The lowest BCUT2D eigenvalue weighted by Crippen LogP contribution is -2.00. The summed E-state index contributed by atoms with van der Waals surface area (Å²) < 4.78 is 0. The zero-order valence-corrected chi connectivity index (χ0v) is 9.67. The molecule has 0 spiro atoms. The Morgan fingerprint density at radius 1 is 1.60 bits per heavy atom. The van der Waals surface area contributed by atoms with Crippen molar-refractivity contribution in [3.05, 3.63) is 23.8 Å². The molecule has 0 radical (unpaired) electrons. The number of carboxylic acids is 1. The van der Waals surface area contributed by atoms with Gasteiger partial charge < -0.3 is 10.8 Å². The lowest BCUT2D eigenvalue weighted by atomic mass is 10.2. The summed E-state index contributed by atoms with van der Waals surface area (Å²) in [6.45, 7) is 4.23. The van der Waals surface area contributed by atoms with E-state index in [-0.39, 0.29) is 5.56 Å². The molecule has 0 saturated heterocycles. The number of carbonyl (C=O) groups is 1. The molecule has 1 rings (SSSR count). The predicted octanol–water partition coefficient (Wildman–Crippen LogP) is 2.86. The van der Waals surface area contributed by atoms with E-state index in [2.05, 4.69) is 13.8 Å². The van der Waals surface area contributed by atoms with Crippen molar-refractivity contribution in [2.75, 3.05) is 5.73 Å². The first-order valence-corrected chi connectivity index (χ1v) is 5.72. The Hall–Kier alpha value is -1.16. The Bertz CT molecular complexity index is 366. The van der Waals surface area contributed by atoms with Gasteiger partial charge in [-0.1, -0.05) is 13.8 Å². The van der Waals surface area contributed by atoms with Crippen molar-refractivity contribution in [1.82, 2.24) is 0 Å². The quantitative estimate of drug-likeness (QED) is 0.611. The second-order valence-electron chi connectivity index (χ2n) is 3.39. The lowest BCUT2D eigenvalue weighted by molar-refractivity contribution is 0.0697. The van der Waals surface area contributed by atoms with E-state index in [0.29, 0.717) is 10.9 Å². The number of anilines is 1. The van der Waals surface area contributed by atoms with Gasteiger partial charge in [0.2, 0.25) is 0 Å². The zero-order valence-electron chi connectivity index (χ0n) is 8.86. The van der Waals surface area contributed by atoms with Crippen LogP contribution in [0.3, 0.4) is 0 Å². The number of hydrogen-bond acceptors (Lipinski definition) is 3. The predicted molar refractivity (Wildman–Crippen MR) is 63.4 cm³/mol. The molecule has 0 fully saturated rings. The van der Waals surface area contributed by atoms with E-state index in [1.807, 2.05) is 0 Å². The Morgan fingerprint density at radius 3 is 2.73 bits per heavy atom. The summed E-state index contributed by atoms with van der Waals surface area (Å²) in [5, 5.41) is 9.25. The van der Waals surface area contributed by atoms with Crippen molar-refractivity contribution in [3.8, 4) is 0 Å². The zero-order chi connectivity index (χ0) is 11.4. The molecule has 0 amide bonds. The van der Waals surface area contributed by atoms with E-state index in [4.69, 9.17) is 10.8 Å². The maximum Gasteiger partial charge on any atom is 0.335 e. The van der Waals surface area contributed by atoms with Crippen LogP contribution in [-0.2, 0) is 0 Å². The minimum atomic E-state index is -0.943. The molecule has 0 aromatic heterocycles. The van der Waals surface area contributed by atoms with Crippen molar-refractivity contribution in [1.29, 1.82) is 0 Å². The standard InChI is InChI=1S/C11H15NO2S/c1-3-7(2)15-10-5-4-8(11(13)14)6-9(10)12/h4-7H,3,12H2,1-2H3,(H,13,14). The van der Waals surface area contributed by atoms with Crippen molar-refractivity contribution in [2.45, 2.75) is 30.4 Å². The highest BCUT2D eigenvalue weighted by atomic mass is 32.2. The summed E-state index contributed by atoms with van der Waals surface area (Å²) >= 11 is 1.67. The number of carboxylic acid groups (broad SMARTS) is 1. The summed E-state index contributed by atoms with van der Waals surface area (Å²) in [4.78, 5) is 11.6. The third-order valence-electron chi connectivity index (χ3n) is 2.16. The average molecular weight is 225 g/mol. The molecule has 82 valence electrons. The van der Waals surface area contributed by atoms with E-state index in [9.17, 15) is 4.79 Å². The topological polar surface area (TPSA) is 63.3 Å². The highest BCUT2D eigenvalue weighted by Gasteiger charge is 2.08. The molecule has 0 saturated carbocycles. The van der Waals surface area contributed by atoms with Crippen LogP contribution >= 0.6 is 11.8 Å². The smallest absolute Gasteiger partial charge is 0.335 e. The van der Waals surface area contributed by atoms with Crippen LogP contribution in [0, 0.1) is 0 Å². The minimum Gasteiger partial charge on any atom is -0.478 e. The maximum atomic E-state index is 10.7. The lowest BCUT2D eigenvalue weighted by Gasteiger charge is -2.10. The summed E-state index contributed by atoms with van der Waals surface area (Å²) in [5.41, 5.74) is 6.56. The molecule has 1 aromatic carbocycles. The second kappa shape index (κ2) is 5.07. The van der Waals surface area contributed by atoms with Crippen molar-refractivity contribution in [3.63, 3.8) is 0 Å². The molecule has 3 N–H and O–H groups in total. The summed E-state index contributed by atoms with van der Waals surface area (Å²) in [6, 6.07) is 4.87. The van der Waals surface area contributed by atoms with Gasteiger partial charge in [-0.25, -0.2) is 4.79 Å². The maximum absolute atomic E-state index is 10.7. The fourth-order valence-corrected chi connectivity index (χ4v) is 2.03. The van der Waals surface area contributed by atoms with E-state index < -0.39 is 5.97 Å². The Labute approximate surface area is 93.7 Å². The number of hydrogen-bond donors (Lipinski definition) is 2. The highest BCUT2D eigenvalue weighted by Crippen LogP contribution is 2.30. The molecule has 0 aliphatic rings. The monoisotopic (exact) mass is 225 g/mol. The molecular formula is C11H15NO2S. The van der Waals surface area contributed by atoms with E-state index in [0.717, 1.165) is 11.3 Å². The highest BCUT2D eigenvalue weighted by molar-refractivity contribution is 8.00. The van der Waals surface area contributed by atoms with Gasteiger partial charge >= 0.3 is 5.97 Å². The number of benzene rings is 1. The van der Waals surface area contributed by atoms with Crippen LogP contribution in [0.25, 0.3) is 0 Å². The van der Waals surface area contributed by atoms with Crippen LogP contribution in [0.2, 0.25) is 0 Å². The number of thioether (sulfide) groups is 1. The largest absolute Gasteiger partial charge is 0.478 e. The summed E-state index contributed by atoms with van der Waals surface area (Å²) in [5.74, 6) is -0.943. The van der Waals surface area contributed by atoms with Gasteiger partial charge in [0, 0.05) is 15.8 Å². The van der Waals surface area contributed by atoms with Gasteiger partial charge in [-0.15, -0.1) is 11.8 Å².